The lowest BCUT2D eigenvalue weighted by Gasteiger charge is -2.22. The van der Waals surface area contributed by atoms with Crippen LogP contribution in [0.25, 0.3) is 0 Å². The van der Waals surface area contributed by atoms with E-state index in [0.717, 1.165) is 17.1 Å². The highest BCUT2D eigenvalue weighted by Crippen LogP contribution is 2.25. The molecule has 2 rings (SSSR count). The summed E-state index contributed by atoms with van der Waals surface area (Å²) in [5, 5.41) is 10.9. The van der Waals surface area contributed by atoms with Crippen molar-refractivity contribution in [2.24, 2.45) is 5.92 Å². The Morgan fingerprint density at radius 1 is 1.28 bits per heavy atom. The van der Waals surface area contributed by atoms with Crippen LogP contribution in [0.1, 0.15) is 25.8 Å². The molecule has 0 saturated carbocycles. The summed E-state index contributed by atoms with van der Waals surface area (Å²) in [4.78, 5) is 12.4. The normalized spacial score (nSPS) is 12.0. The van der Waals surface area contributed by atoms with Crippen LogP contribution in [0.2, 0.25) is 0 Å². The van der Waals surface area contributed by atoms with Crippen LogP contribution >= 0.6 is 0 Å². The number of nitrogens with one attached hydrogen (secondary N) is 1. The van der Waals surface area contributed by atoms with Gasteiger partial charge < -0.3 is 14.8 Å². The summed E-state index contributed by atoms with van der Waals surface area (Å²) in [6.07, 6.45) is 4.43. The smallest absolute Gasteiger partial charge is 0.220 e. The van der Waals surface area contributed by atoms with E-state index in [1.807, 2.05) is 18.2 Å². The molecule has 1 amide bonds. The molecule has 1 N–H and O–H groups in total. The third-order valence-electron chi connectivity index (χ3n) is 4.12. The molecule has 1 heterocycles. The topological polar surface area (TPSA) is 78.3 Å². The van der Waals surface area contributed by atoms with Gasteiger partial charge in [0.25, 0.3) is 0 Å². The second-order valence-electron chi connectivity index (χ2n) is 6.22. The average Bonchev–Trinajstić information content (AvgIpc) is 3.12. The molecule has 0 spiro atoms. The number of rotatable bonds is 9. The van der Waals surface area contributed by atoms with Crippen molar-refractivity contribution >= 4 is 5.91 Å². The highest BCUT2D eigenvalue weighted by Gasteiger charge is 2.17. The van der Waals surface area contributed by atoms with Crippen molar-refractivity contribution < 1.29 is 14.3 Å². The molecule has 1 aromatic heterocycles. The molecule has 0 bridgehead atoms. The summed E-state index contributed by atoms with van der Waals surface area (Å²) in [6, 6.07) is 5.64. The first-order chi connectivity index (χ1) is 12.0. The van der Waals surface area contributed by atoms with Gasteiger partial charge in [-0.05, 0) is 24.0 Å². The Morgan fingerprint density at radius 2 is 2.08 bits per heavy atom. The number of hydrogen-bond acceptors (Lipinski definition) is 5. The zero-order valence-corrected chi connectivity index (χ0v) is 15.2. The van der Waals surface area contributed by atoms with Gasteiger partial charge in [-0.1, -0.05) is 25.1 Å². The number of amides is 1. The minimum absolute atomic E-state index is 0.00645. The maximum atomic E-state index is 12.4. The third-order valence-corrected chi connectivity index (χ3v) is 4.12. The largest absolute Gasteiger partial charge is 0.497 e. The van der Waals surface area contributed by atoms with Gasteiger partial charge in [0.1, 0.15) is 11.5 Å². The Kier molecular flexibility index (Phi) is 6.80. The van der Waals surface area contributed by atoms with Crippen LogP contribution in [-0.4, -0.2) is 41.2 Å². The van der Waals surface area contributed by atoms with E-state index in [9.17, 15) is 4.79 Å². The highest BCUT2D eigenvalue weighted by atomic mass is 16.5. The summed E-state index contributed by atoms with van der Waals surface area (Å²) in [7, 11) is 3.23. The number of nitrogens with zero attached hydrogens (tertiary/aromatic N) is 3. The van der Waals surface area contributed by atoms with Gasteiger partial charge in [-0.15, -0.1) is 5.10 Å². The van der Waals surface area contributed by atoms with E-state index in [2.05, 4.69) is 29.5 Å². The third kappa shape index (κ3) is 5.48. The van der Waals surface area contributed by atoms with Crippen LogP contribution < -0.4 is 14.8 Å². The first kappa shape index (κ1) is 18.8. The standard InChI is InChI=1S/C18H26N4O3/c1-13(2)16(12-22-10-9-19-21-22)20-18(23)8-6-14-5-7-15(24-3)11-17(14)25-4/h5,7,9-11,13,16H,6,8,12H2,1-4H3,(H,20,23)/t16-/m0/s1. The number of carbonyl (C=O) groups excluding carboxylic acids is 1. The van der Waals surface area contributed by atoms with Crippen LogP contribution in [-0.2, 0) is 17.8 Å². The number of benzene rings is 1. The van der Waals surface area contributed by atoms with E-state index >= 15 is 0 Å². The molecule has 2 aromatic rings. The van der Waals surface area contributed by atoms with Crippen LogP contribution in [0, 0.1) is 5.92 Å². The lowest BCUT2D eigenvalue weighted by molar-refractivity contribution is -0.122. The van der Waals surface area contributed by atoms with Gasteiger partial charge in [-0.2, -0.15) is 0 Å². The highest BCUT2D eigenvalue weighted by molar-refractivity contribution is 5.76. The minimum Gasteiger partial charge on any atom is -0.497 e. The lowest BCUT2D eigenvalue weighted by atomic mass is 10.0. The second kappa shape index (κ2) is 9.05. The SMILES string of the molecule is COc1ccc(CCC(=O)N[C@@H](Cn2ccnn2)C(C)C)c(OC)c1. The van der Waals surface area contributed by atoms with Crippen molar-refractivity contribution in [2.75, 3.05) is 14.2 Å². The molecule has 0 aliphatic heterocycles. The monoisotopic (exact) mass is 346 g/mol. The van der Waals surface area contributed by atoms with Crippen LogP contribution in [0.4, 0.5) is 0 Å². The quantitative estimate of drug-likeness (QED) is 0.752. The predicted octanol–water partition coefficient (Wildman–Crippen LogP) is 2.07. The Morgan fingerprint density at radius 3 is 2.68 bits per heavy atom. The van der Waals surface area contributed by atoms with Gasteiger partial charge in [0, 0.05) is 18.7 Å². The van der Waals surface area contributed by atoms with Gasteiger partial charge in [-0.25, -0.2) is 0 Å². The molecule has 0 aliphatic rings. The van der Waals surface area contributed by atoms with Gasteiger partial charge >= 0.3 is 0 Å². The van der Waals surface area contributed by atoms with Crippen LogP contribution in [0.5, 0.6) is 11.5 Å². The van der Waals surface area contributed by atoms with Gasteiger partial charge in [0.05, 0.1) is 33.0 Å². The molecule has 25 heavy (non-hydrogen) atoms. The number of aromatic nitrogens is 3. The molecule has 7 heteroatoms. The predicted molar refractivity (Wildman–Crippen MR) is 94.7 cm³/mol. The van der Waals surface area contributed by atoms with Crippen LogP contribution in [0.3, 0.4) is 0 Å². The lowest BCUT2D eigenvalue weighted by Crippen LogP contribution is -2.41. The number of aryl methyl sites for hydroxylation is 1. The summed E-state index contributed by atoms with van der Waals surface area (Å²) in [5.41, 5.74) is 0.982. The zero-order chi connectivity index (χ0) is 18.2. The molecule has 0 saturated heterocycles. The number of carbonyl (C=O) groups is 1. The van der Waals surface area contributed by atoms with Gasteiger partial charge in [0.15, 0.2) is 0 Å². The van der Waals surface area contributed by atoms with Crippen molar-refractivity contribution in [3.8, 4) is 11.5 Å². The number of methoxy groups -OCH3 is 2. The maximum Gasteiger partial charge on any atom is 0.220 e. The summed E-state index contributed by atoms with van der Waals surface area (Å²) >= 11 is 0. The second-order valence-corrected chi connectivity index (χ2v) is 6.22. The fraction of sp³-hybridized carbons (Fsp3) is 0.500. The van der Waals surface area contributed by atoms with E-state index < -0.39 is 0 Å². The summed E-state index contributed by atoms with van der Waals surface area (Å²) < 4.78 is 12.3. The molecule has 0 fully saturated rings. The van der Waals surface area contributed by atoms with E-state index in [4.69, 9.17) is 9.47 Å². The van der Waals surface area contributed by atoms with Crippen molar-refractivity contribution in [1.82, 2.24) is 20.3 Å². The first-order valence-corrected chi connectivity index (χ1v) is 8.37. The van der Waals surface area contributed by atoms with E-state index in [1.165, 1.54) is 0 Å². The average molecular weight is 346 g/mol. The molecule has 1 atom stereocenters. The number of ether oxygens (including phenoxy) is 2. The molecule has 7 nitrogen and oxygen atoms in total. The van der Waals surface area contributed by atoms with Crippen molar-refractivity contribution in [1.29, 1.82) is 0 Å². The Balaban J connectivity index is 1.92. The van der Waals surface area contributed by atoms with E-state index in [1.54, 1.807) is 31.3 Å². The fourth-order valence-corrected chi connectivity index (χ4v) is 2.54. The first-order valence-electron chi connectivity index (χ1n) is 8.37. The van der Waals surface area contributed by atoms with Crippen LogP contribution in [0.15, 0.2) is 30.6 Å². The van der Waals surface area contributed by atoms with Gasteiger partial charge in [-0.3, -0.25) is 9.48 Å². The molecule has 0 unspecified atom stereocenters. The van der Waals surface area contributed by atoms with E-state index in [-0.39, 0.29) is 11.9 Å². The maximum absolute atomic E-state index is 12.4. The molecule has 1 aromatic carbocycles. The molecule has 136 valence electrons. The molecular formula is C18H26N4O3. The molecule has 0 aliphatic carbocycles. The Labute approximate surface area is 148 Å². The fourth-order valence-electron chi connectivity index (χ4n) is 2.54. The van der Waals surface area contributed by atoms with Gasteiger partial charge in [0.2, 0.25) is 5.91 Å². The van der Waals surface area contributed by atoms with E-state index in [0.29, 0.717) is 25.3 Å². The zero-order valence-electron chi connectivity index (χ0n) is 15.2. The minimum atomic E-state index is 0.00645. The van der Waals surface area contributed by atoms with Crippen molar-refractivity contribution in [3.63, 3.8) is 0 Å². The Hall–Kier alpha value is -2.57. The molecule has 0 radical (unpaired) electrons. The Bertz CT molecular complexity index is 671. The summed E-state index contributed by atoms with van der Waals surface area (Å²) in [6.45, 7) is 4.76. The molecular weight excluding hydrogens is 320 g/mol. The summed E-state index contributed by atoms with van der Waals surface area (Å²) in [5.74, 6) is 1.77. The van der Waals surface area contributed by atoms with Crippen molar-refractivity contribution in [3.05, 3.63) is 36.2 Å². The number of hydrogen-bond donors (Lipinski definition) is 1. The van der Waals surface area contributed by atoms with Crippen molar-refractivity contribution in [2.45, 2.75) is 39.3 Å².